The van der Waals surface area contributed by atoms with Crippen LogP contribution in [0, 0.1) is 0 Å². The van der Waals surface area contributed by atoms with Crippen molar-refractivity contribution in [3.8, 4) is 0 Å². The summed E-state index contributed by atoms with van der Waals surface area (Å²) in [6, 6.07) is 5.54. The largest absolute Gasteiger partial charge is 0.462 e. The molecule has 7 heteroatoms. The van der Waals surface area contributed by atoms with Gasteiger partial charge < -0.3 is 9.64 Å². The number of rotatable bonds is 5. The van der Waals surface area contributed by atoms with Crippen molar-refractivity contribution in [2.24, 2.45) is 0 Å². The number of carbonyl (C=O) groups is 2. The highest BCUT2D eigenvalue weighted by molar-refractivity contribution is 6.42. The molecule has 0 bridgehead atoms. The number of hydrogen-bond acceptors (Lipinski definition) is 4. The second-order valence-electron chi connectivity index (χ2n) is 7.53. The van der Waals surface area contributed by atoms with Gasteiger partial charge in [0.25, 0.3) is 0 Å². The lowest BCUT2D eigenvalue weighted by molar-refractivity contribution is -0.151. The van der Waals surface area contributed by atoms with Crippen molar-refractivity contribution >= 4 is 35.1 Å². The molecule has 3 unspecified atom stereocenters. The maximum absolute atomic E-state index is 13.0. The fourth-order valence-electron chi connectivity index (χ4n) is 4.18. The van der Waals surface area contributed by atoms with Crippen molar-refractivity contribution in [1.29, 1.82) is 0 Å². The molecule has 0 N–H and O–H groups in total. The number of benzene rings is 1. The third-order valence-corrected chi connectivity index (χ3v) is 6.35. The molecule has 1 aliphatic carbocycles. The van der Waals surface area contributed by atoms with Crippen LogP contribution >= 0.6 is 23.2 Å². The Morgan fingerprint density at radius 1 is 1.18 bits per heavy atom. The Labute approximate surface area is 176 Å². The maximum atomic E-state index is 13.0. The normalized spacial score (nSPS) is 24.9. The fraction of sp³-hybridized carbons (Fsp3) is 0.524. The molecule has 0 radical (unpaired) electrons. The van der Waals surface area contributed by atoms with Crippen LogP contribution in [-0.4, -0.2) is 60.0 Å². The molecule has 3 rings (SSSR count). The zero-order valence-corrected chi connectivity index (χ0v) is 17.7. The fourth-order valence-corrected chi connectivity index (χ4v) is 4.50. The molecule has 5 nitrogen and oxygen atoms in total. The smallest absolute Gasteiger partial charge is 0.302 e. The van der Waals surface area contributed by atoms with E-state index in [1.54, 1.807) is 12.1 Å². The zero-order chi connectivity index (χ0) is 20.3. The van der Waals surface area contributed by atoms with Gasteiger partial charge in [0.1, 0.15) is 6.10 Å². The number of carbonyl (C=O) groups excluding carboxylic acids is 2. The lowest BCUT2D eigenvalue weighted by atomic mass is 9.86. The summed E-state index contributed by atoms with van der Waals surface area (Å²) in [6.45, 7) is 3.18. The van der Waals surface area contributed by atoms with Crippen LogP contribution in [0.1, 0.15) is 31.7 Å². The first-order valence-corrected chi connectivity index (χ1v) is 10.4. The highest BCUT2D eigenvalue weighted by Gasteiger charge is 2.39. The highest BCUT2D eigenvalue weighted by atomic mass is 35.5. The van der Waals surface area contributed by atoms with Crippen molar-refractivity contribution < 1.29 is 14.3 Å². The van der Waals surface area contributed by atoms with E-state index in [4.69, 9.17) is 27.9 Å². The lowest BCUT2D eigenvalue weighted by Crippen LogP contribution is -2.56. The summed E-state index contributed by atoms with van der Waals surface area (Å²) >= 11 is 12.0. The predicted molar refractivity (Wildman–Crippen MR) is 111 cm³/mol. The van der Waals surface area contributed by atoms with E-state index in [0.717, 1.165) is 37.9 Å². The number of nitrogens with zero attached hydrogens (tertiary/aromatic N) is 2. The van der Waals surface area contributed by atoms with Crippen LogP contribution in [0.5, 0.6) is 0 Å². The number of esters is 1. The molecule has 1 heterocycles. The Hall–Kier alpha value is -1.56. The summed E-state index contributed by atoms with van der Waals surface area (Å²) < 4.78 is 5.47. The van der Waals surface area contributed by atoms with Gasteiger partial charge in [-0.15, -0.1) is 0 Å². The Kier molecular flexibility index (Phi) is 7.02. The number of ether oxygens (including phenoxy) is 1. The number of amides is 1. The van der Waals surface area contributed by atoms with E-state index in [1.807, 2.05) is 18.0 Å². The van der Waals surface area contributed by atoms with E-state index < -0.39 is 0 Å². The van der Waals surface area contributed by atoms with Gasteiger partial charge in [0.05, 0.1) is 16.5 Å². The summed E-state index contributed by atoms with van der Waals surface area (Å²) in [6.07, 6.45) is 6.81. The van der Waals surface area contributed by atoms with Gasteiger partial charge >= 0.3 is 5.97 Å². The summed E-state index contributed by atoms with van der Waals surface area (Å²) in [5, 5.41) is 0.939. The van der Waals surface area contributed by atoms with E-state index >= 15 is 0 Å². The van der Waals surface area contributed by atoms with E-state index in [2.05, 4.69) is 17.1 Å². The quantitative estimate of drug-likeness (QED) is 0.533. The van der Waals surface area contributed by atoms with Crippen molar-refractivity contribution in [3.63, 3.8) is 0 Å². The minimum absolute atomic E-state index is 0.0477. The Morgan fingerprint density at radius 2 is 1.89 bits per heavy atom. The summed E-state index contributed by atoms with van der Waals surface area (Å²) in [4.78, 5) is 28.6. The predicted octanol–water partition coefficient (Wildman–Crippen LogP) is 3.72. The summed E-state index contributed by atoms with van der Waals surface area (Å²) in [7, 11) is 1.87. The molecular weight excluding hydrogens is 399 g/mol. The van der Waals surface area contributed by atoms with Crippen molar-refractivity contribution in [2.45, 2.75) is 50.8 Å². The third-order valence-electron chi connectivity index (χ3n) is 5.61. The number of halogens is 2. The Morgan fingerprint density at radius 3 is 2.54 bits per heavy atom. The summed E-state index contributed by atoms with van der Waals surface area (Å²) in [5.41, 5.74) is 0.847. The van der Waals surface area contributed by atoms with Crippen LogP contribution in [0.4, 0.5) is 0 Å². The van der Waals surface area contributed by atoms with Crippen LogP contribution in [0.25, 0.3) is 0 Å². The first-order valence-electron chi connectivity index (χ1n) is 9.61. The monoisotopic (exact) mass is 424 g/mol. The molecule has 152 valence electrons. The van der Waals surface area contributed by atoms with E-state index in [-0.39, 0.29) is 36.5 Å². The van der Waals surface area contributed by atoms with Crippen LogP contribution in [0.15, 0.2) is 30.4 Å². The second-order valence-corrected chi connectivity index (χ2v) is 8.35. The van der Waals surface area contributed by atoms with Crippen LogP contribution in [-0.2, 0) is 20.7 Å². The van der Waals surface area contributed by atoms with Crippen LogP contribution in [0.3, 0.4) is 0 Å². The molecule has 1 amide bonds. The molecule has 2 aliphatic rings. The summed E-state index contributed by atoms with van der Waals surface area (Å²) in [5.74, 6) is -0.197. The minimum Gasteiger partial charge on any atom is -0.462 e. The van der Waals surface area contributed by atoms with Crippen molar-refractivity contribution in [1.82, 2.24) is 9.80 Å². The van der Waals surface area contributed by atoms with E-state index in [0.29, 0.717) is 10.0 Å². The first-order chi connectivity index (χ1) is 13.3. The molecule has 0 spiro atoms. The van der Waals surface area contributed by atoms with Gasteiger partial charge in [-0.25, -0.2) is 0 Å². The van der Waals surface area contributed by atoms with Crippen LogP contribution in [0.2, 0.25) is 10.0 Å². The number of likely N-dealkylation sites (N-methyl/N-ethyl adjacent to an activating group) is 1. The molecule has 0 saturated heterocycles. The van der Waals surface area contributed by atoms with E-state index in [1.165, 1.54) is 6.92 Å². The molecule has 1 aliphatic heterocycles. The van der Waals surface area contributed by atoms with Gasteiger partial charge in [0, 0.05) is 45.6 Å². The maximum Gasteiger partial charge on any atom is 0.302 e. The highest BCUT2D eigenvalue weighted by Crippen LogP contribution is 2.30. The molecule has 1 fully saturated rings. The molecular formula is C21H26Cl2N2O3. The molecule has 28 heavy (non-hydrogen) atoms. The lowest BCUT2D eigenvalue weighted by Gasteiger charge is -2.44. The SMILES string of the molecule is CC(=O)OC1CCC(N(C)C(=O)Cc2ccc(Cl)c(Cl)c2)C(N2CC=CC2)C1. The minimum atomic E-state index is -0.245. The van der Waals surface area contributed by atoms with Crippen molar-refractivity contribution in [3.05, 3.63) is 46.0 Å². The van der Waals surface area contributed by atoms with Gasteiger partial charge in [-0.1, -0.05) is 41.4 Å². The molecule has 1 aromatic rings. The molecule has 1 saturated carbocycles. The van der Waals surface area contributed by atoms with Gasteiger partial charge in [0.2, 0.25) is 5.91 Å². The number of hydrogen-bond donors (Lipinski definition) is 0. The average molecular weight is 425 g/mol. The molecule has 3 atom stereocenters. The molecule has 1 aromatic carbocycles. The third kappa shape index (κ3) is 5.07. The second kappa shape index (κ2) is 9.29. The Bertz CT molecular complexity index is 760. The average Bonchev–Trinajstić information content (AvgIpc) is 3.18. The zero-order valence-electron chi connectivity index (χ0n) is 16.2. The van der Waals surface area contributed by atoms with Crippen molar-refractivity contribution in [2.75, 3.05) is 20.1 Å². The van der Waals surface area contributed by atoms with Gasteiger partial charge in [-0.05, 0) is 30.5 Å². The topological polar surface area (TPSA) is 49.9 Å². The first kappa shape index (κ1) is 21.2. The molecule has 0 aromatic heterocycles. The van der Waals surface area contributed by atoms with Crippen LogP contribution < -0.4 is 0 Å². The van der Waals surface area contributed by atoms with E-state index in [9.17, 15) is 9.59 Å². The van der Waals surface area contributed by atoms with Gasteiger partial charge in [-0.3, -0.25) is 14.5 Å². The van der Waals surface area contributed by atoms with Gasteiger partial charge in [0.15, 0.2) is 0 Å². The van der Waals surface area contributed by atoms with Gasteiger partial charge in [-0.2, -0.15) is 0 Å². The standard InChI is InChI=1S/C21H26Cl2N2O3/c1-14(26)28-16-6-8-19(20(13-16)25-9-3-4-10-25)24(2)21(27)12-15-5-7-17(22)18(23)11-15/h3-5,7,11,16,19-20H,6,8-10,12-13H2,1-2H3. The Balaban J connectivity index is 1.70.